The molecule has 0 aromatic heterocycles. The zero-order valence-corrected chi connectivity index (χ0v) is 14.9. The molecule has 2 aromatic carbocycles. The lowest BCUT2D eigenvalue weighted by Gasteiger charge is -2.28. The SMILES string of the molecule is CC(C)=CCc1c(O)cc(O)c2c1OC(c1ccc(O)c(O)c1O)CC2=O. The Morgan fingerprint density at radius 1 is 1.07 bits per heavy atom. The fraction of sp³-hybridized carbons (Fsp3) is 0.250. The predicted octanol–water partition coefficient (Wildman–Crippen LogP) is 3.43. The molecule has 1 atom stereocenters. The molecule has 0 saturated carbocycles. The van der Waals surface area contributed by atoms with Gasteiger partial charge in [0.2, 0.25) is 5.75 Å². The van der Waals surface area contributed by atoms with Gasteiger partial charge in [-0.3, -0.25) is 4.79 Å². The number of Topliss-reactive ketones (excluding diaryl/α,β-unsaturated/α-hetero) is 1. The summed E-state index contributed by atoms with van der Waals surface area (Å²) in [6.07, 6.45) is 0.978. The second-order valence-electron chi connectivity index (χ2n) is 6.69. The Morgan fingerprint density at radius 3 is 2.44 bits per heavy atom. The second kappa shape index (κ2) is 6.75. The van der Waals surface area contributed by atoms with Gasteiger partial charge in [-0.1, -0.05) is 11.6 Å². The van der Waals surface area contributed by atoms with E-state index in [1.54, 1.807) is 0 Å². The molecule has 7 nitrogen and oxygen atoms in total. The van der Waals surface area contributed by atoms with Gasteiger partial charge in [-0.2, -0.15) is 0 Å². The molecule has 0 saturated heterocycles. The van der Waals surface area contributed by atoms with Crippen LogP contribution < -0.4 is 4.74 Å². The number of allylic oxidation sites excluding steroid dienone is 2. The number of fused-ring (bicyclic) bond motifs is 1. The van der Waals surface area contributed by atoms with Gasteiger partial charge >= 0.3 is 0 Å². The van der Waals surface area contributed by atoms with E-state index >= 15 is 0 Å². The number of carbonyl (C=O) groups excluding carboxylic acids is 1. The van der Waals surface area contributed by atoms with Crippen LogP contribution in [0.25, 0.3) is 0 Å². The van der Waals surface area contributed by atoms with E-state index in [-0.39, 0.29) is 41.2 Å². The van der Waals surface area contributed by atoms with Crippen LogP contribution in [0.4, 0.5) is 0 Å². The molecule has 0 radical (unpaired) electrons. The number of ketones is 1. The van der Waals surface area contributed by atoms with Crippen molar-refractivity contribution >= 4 is 5.78 Å². The van der Waals surface area contributed by atoms with Crippen LogP contribution in [0, 0.1) is 0 Å². The third-order valence-electron chi connectivity index (χ3n) is 4.47. The summed E-state index contributed by atoms with van der Waals surface area (Å²) < 4.78 is 5.87. The van der Waals surface area contributed by atoms with Crippen molar-refractivity contribution in [2.45, 2.75) is 32.8 Å². The minimum absolute atomic E-state index is 0.0244. The first-order valence-electron chi connectivity index (χ1n) is 8.35. The first kappa shape index (κ1) is 18.4. The van der Waals surface area contributed by atoms with Crippen molar-refractivity contribution < 1.29 is 35.1 Å². The number of hydrogen-bond acceptors (Lipinski definition) is 7. The van der Waals surface area contributed by atoms with Gasteiger partial charge in [0.05, 0.1) is 6.42 Å². The van der Waals surface area contributed by atoms with Crippen LogP contribution in [0.3, 0.4) is 0 Å². The molecule has 0 aliphatic carbocycles. The summed E-state index contributed by atoms with van der Waals surface area (Å²) >= 11 is 0. The number of carbonyl (C=O) groups is 1. The van der Waals surface area contributed by atoms with E-state index < -0.39 is 29.1 Å². The molecule has 0 amide bonds. The lowest BCUT2D eigenvalue weighted by molar-refractivity contribution is 0.0839. The lowest BCUT2D eigenvalue weighted by Crippen LogP contribution is -2.22. The minimum Gasteiger partial charge on any atom is -0.507 e. The van der Waals surface area contributed by atoms with E-state index in [1.165, 1.54) is 12.1 Å². The van der Waals surface area contributed by atoms with Crippen molar-refractivity contribution in [2.75, 3.05) is 0 Å². The summed E-state index contributed by atoms with van der Waals surface area (Å²) in [5, 5.41) is 49.7. The highest BCUT2D eigenvalue weighted by Gasteiger charge is 2.35. The standard InChI is InChI=1S/C20H20O7/c1-9(2)3-4-10-13(22)7-14(23)17-15(24)8-16(27-20(10)17)11-5-6-12(21)19(26)18(11)25/h3,5-7,16,21-23,25-26H,4,8H2,1-2H3. The van der Waals surface area contributed by atoms with Gasteiger partial charge in [0.1, 0.15) is 28.9 Å². The van der Waals surface area contributed by atoms with E-state index in [9.17, 15) is 30.3 Å². The zero-order valence-electron chi connectivity index (χ0n) is 14.9. The van der Waals surface area contributed by atoms with Crippen molar-refractivity contribution in [3.05, 3.63) is 46.5 Å². The number of ether oxygens (including phenoxy) is 1. The van der Waals surface area contributed by atoms with Gasteiger partial charge in [0.25, 0.3) is 0 Å². The van der Waals surface area contributed by atoms with Crippen molar-refractivity contribution in [3.63, 3.8) is 0 Å². The Kier molecular flexibility index (Phi) is 4.61. The van der Waals surface area contributed by atoms with Crippen LogP contribution in [-0.4, -0.2) is 31.3 Å². The van der Waals surface area contributed by atoms with Gasteiger partial charge in [-0.05, 0) is 32.4 Å². The maximum atomic E-state index is 12.6. The third-order valence-corrected chi connectivity index (χ3v) is 4.47. The molecule has 142 valence electrons. The molecule has 0 fully saturated rings. The number of rotatable bonds is 3. The van der Waals surface area contributed by atoms with E-state index in [1.807, 2.05) is 19.9 Å². The van der Waals surface area contributed by atoms with Gasteiger partial charge in [-0.25, -0.2) is 0 Å². The lowest BCUT2D eigenvalue weighted by atomic mass is 9.92. The molecular formula is C20H20O7. The molecule has 2 aromatic rings. The number of hydrogen-bond donors (Lipinski definition) is 5. The molecule has 0 bridgehead atoms. The topological polar surface area (TPSA) is 127 Å². The Labute approximate surface area is 155 Å². The van der Waals surface area contributed by atoms with Crippen LogP contribution in [0.5, 0.6) is 34.5 Å². The highest BCUT2D eigenvalue weighted by Crippen LogP contribution is 2.48. The normalized spacial score (nSPS) is 15.8. The second-order valence-corrected chi connectivity index (χ2v) is 6.69. The molecule has 7 heteroatoms. The van der Waals surface area contributed by atoms with Gasteiger partial charge in [0.15, 0.2) is 17.3 Å². The van der Waals surface area contributed by atoms with E-state index in [0.717, 1.165) is 11.6 Å². The maximum absolute atomic E-state index is 12.6. The molecule has 1 unspecified atom stereocenters. The molecule has 5 N–H and O–H groups in total. The molecule has 0 spiro atoms. The first-order valence-corrected chi connectivity index (χ1v) is 8.35. The van der Waals surface area contributed by atoms with Gasteiger partial charge in [0, 0.05) is 17.2 Å². The summed E-state index contributed by atoms with van der Waals surface area (Å²) in [5.41, 5.74) is 1.42. The van der Waals surface area contributed by atoms with Crippen molar-refractivity contribution in [2.24, 2.45) is 0 Å². The molecule has 1 heterocycles. The fourth-order valence-corrected chi connectivity index (χ4v) is 3.05. The number of phenols is 5. The molecule has 1 aliphatic rings. The summed E-state index contributed by atoms with van der Waals surface area (Å²) in [5.74, 6) is -2.79. The summed E-state index contributed by atoms with van der Waals surface area (Å²) in [6, 6.07) is 3.63. The zero-order chi connectivity index (χ0) is 19.9. The molecule has 27 heavy (non-hydrogen) atoms. The fourth-order valence-electron chi connectivity index (χ4n) is 3.05. The minimum atomic E-state index is -0.955. The van der Waals surface area contributed by atoms with Crippen molar-refractivity contribution in [3.8, 4) is 34.5 Å². The van der Waals surface area contributed by atoms with E-state index in [2.05, 4.69) is 0 Å². The van der Waals surface area contributed by atoms with Crippen LogP contribution in [0.2, 0.25) is 0 Å². The largest absolute Gasteiger partial charge is 0.507 e. The highest BCUT2D eigenvalue weighted by atomic mass is 16.5. The quantitative estimate of drug-likeness (QED) is 0.412. The van der Waals surface area contributed by atoms with Crippen LogP contribution in [0.15, 0.2) is 29.8 Å². The number of phenolic OH excluding ortho intramolecular Hbond substituents is 5. The summed E-state index contributed by atoms with van der Waals surface area (Å²) in [7, 11) is 0. The van der Waals surface area contributed by atoms with Crippen LogP contribution in [-0.2, 0) is 6.42 Å². The number of aromatic hydroxyl groups is 5. The average molecular weight is 372 g/mol. The van der Waals surface area contributed by atoms with Gasteiger partial charge < -0.3 is 30.3 Å². The molecule has 1 aliphatic heterocycles. The monoisotopic (exact) mass is 372 g/mol. The third kappa shape index (κ3) is 3.23. The van der Waals surface area contributed by atoms with E-state index in [0.29, 0.717) is 5.56 Å². The van der Waals surface area contributed by atoms with Gasteiger partial charge in [-0.15, -0.1) is 0 Å². The highest BCUT2D eigenvalue weighted by molar-refractivity contribution is 6.03. The molecular weight excluding hydrogens is 352 g/mol. The molecule has 3 rings (SSSR count). The maximum Gasteiger partial charge on any atom is 0.200 e. The first-order chi connectivity index (χ1) is 12.7. The van der Waals surface area contributed by atoms with Crippen molar-refractivity contribution in [1.82, 2.24) is 0 Å². The Hall–Kier alpha value is -3.35. The average Bonchev–Trinajstić information content (AvgIpc) is 2.58. The summed E-state index contributed by atoms with van der Waals surface area (Å²) in [6.45, 7) is 3.77. The van der Waals surface area contributed by atoms with Crippen LogP contribution in [0.1, 0.15) is 47.9 Å². The summed E-state index contributed by atoms with van der Waals surface area (Å²) in [4.78, 5) is 12.6. The Bertz CT molecular complexity index is 956. The predicted molar refractivity (Wildman–Crippen MR) is 96.7 cm³/mol. The van der Waals surface area contributed by atoms with Crippen molar-refractivity contribution in [1.29, 1.82) is 0 Å². The van der Waals surface area contributed by atoms with E-state index in [4.69, 9.17) is 4.74 Å². The Balaban J connectivity index is 2.12. The Morgan fingerprint density at radius 2 is 1.78 bits per heavy atom. The van der Waals surface area contributed by atoms with Crippen LogP contribution >= 0.6 is 0 Å². The smallest absolute Gasteiger partial charge is 0.200 e. The number of benzene rings is 2.